The Bertz CT molecular complexity index is 658. The molecule has 2 heterocycles. The molecule has 1 fully saturated rings. The monoisotopic (exact) mass is 355 g/mol. The molecular formula is C16H19ClFN3OS. The van der Waals surface area contributed by atoms with Crippen LogP contribution >= 0.6 is 23.7 Å². The zero-order valence-electron chi connectivity index (χ0n) is 12.5. The summed E-state index contributed by atoms with van der Waals surface area (Å²) in [4.78, 5) is 17.3. The Hall–Kier alpha value is -1.50. The summed E-state index contributed by atoms with van der Waals surface area (Å²) in [6, 6.07) is 6.57. The molecule has 1 amide bonds. The number of hydrogen-bond donors (Lipinski definition) is 2. The van der Waals surface area contributed by atoms with E-state index in [1.54, 1.807) is 18.3 Å². The van der Waals surface area contributed by atoms with Gasteiger partial charge in [0.25, 0.3) is 0 Å². The van der Waals surface area contributed by atoms with E-state index >= 15 is 0 Å². The van der Waals surface area contributed by atoms with E-state index in [4.69, 9.17) is 0 Å². The number of nitrogens with zero attached hydrogens (tertiary/aromatic N) is 1. The molecule has 1 atom stereocenters. The highest BCUT2D eigenvalue weighted by molar-refractivity contribution is 7.15. The molecule has 0 spiro atoms. The molecule has 1 aromatic heterocycles. The van der Waals surface area contributed by atoms with E-state index in [0.717, 1.165) is 30.7 Å². The third kappa shape index (κ3) is 4.73. The fourth-order valence-electron chi connectivity index (χ4n) is 2.54. The Morgan fingerprint density at radius 3 is 2.96 bits per heavy atom. The third-order valence-corrected chi connectivity index (χ3v) is 4.65. The van der Waals surface area contributed by atoms with E-state index in [-0.39, 0.29) is 30.2 Å². The molecule has 1 aromatic carbocycles. The maximum atomic E-state index is 13.6. The number of amides is 1. The van der Waals surface area contributed by atoms with Crippen LogP contribution in [0.1, 0.15) is 29.7 Å². The molecular weight excluding hydrogens is 337 g/mol. The Balaban J connectivity index is 0.00000192. The molecule has 2 aromatic rings. The molecule has 0 saturated carbocycles. The van der Waals surface area contributed by atoms with Crippen molar-refractivity contribution in [1.82, 2.24) is 10.3 Å². The van der Waals surface area contributed by atoms with E-state index in [0.29, 0.717) is 17.1 Å². The summed E-state index contributed by atoms with van der Waals surface area (Å²) < 4.78 is 13.6. The molecule has 1 aliphatic rings. The second kappa shape index (κ2) is 8.38. The second-order valence-electron chi connectivity index (χ2n) is 5.39. The maximum absolute atomic E-state index is 13.6. The normalized spacial score (nSPS) is 17.3. The topological polar surface area (TPSA) is 54.0 Å². The van der Waals surface area contributed by atoms with Crippen LogP contribution in [0.25, 0.3) is 0 Å². The van der Waals surface area contributed by atoms with E-state index < -0.39 is 0 Å². The van der Waals surface area contributed by atoms with Crippen molar-refractivity contribution >= 4 is 34.8 Å². The van der Waals surface area contributed by atoms with Gasteiger partial charge in [-0.1, -0.05) is 24.6 Å². The standard InChI is InChI=1S/C16H18FN3OS.ClH/c17-13-6-2-1-5-11(13)9-12-10-19-16(22-12)20-15(21)14-7-3-4-8-18-14;/h1-2,5-6,10,14,18H,3-4,7-9H2,(H,19,20,21);1H. The van der Waals surface area contributed by atoms with Crippen molar-refractivity contribution in [2.45, 2.75) is 31.7 Å². The van der Waals surface area contributed by atoms with Crippen LogP contribution in [-0.2, 0) is 11.2 Å². The van der Waals surface area contributed by atoms with Gasteiger partial charge < -0.3 is 10.6 Å². The molecule has 0 radical (unpaired) electrons. The van der Waals surface area contributed by atoms with Crippen LogP contribution < -0.4 is 10.6 Å². The summed E-state index contributed by atoms with van der Waals surface area (Å²) in [5.74, 6) is -0.251. The van der Waals surface area contributed by atoms with Crippen molar-refractivity contribution in [3.05, 3.63) is 46.7 Å². The van der Waals surface area contributed by atoms with Gasteiger partial charge in [0.15, 0.2) is 5.13 Å². The number of carbonyl (C=O) groups is 1. The van der Waals surface area contributed by atoms with Gasteiger partial charge in [0.1, 0.15) is 5.82 Å². The number of nitrogens with one attached hydrogen (secondary N) is 2. The van der Waals surface area contributed by atoms with Gasteiger partial charge in [-0.2, -0.15) is 0 Å². The number of benzene rings is 1. The number of rotatable bonds is 4. The van der Waals surface area contributed by atoms with Crippen LogP contribution in [-0.4, -0.2) is 23.5 Å². The smallest absolute Gasteiger partial charge is 0.243 e. The fraction of sp³-hybridized carbons (Fsp3) is 0.375. The zero-order chi connectivity index (χ0) is 15.4. The summed E-state index contributed by atoms with van der Waals surface area (Å²) in [6.07, 6.45) is 5.23. The van der Waals surface area contributed by atoms with Crippen LogP contribution in [0.2, 0.25) is 0 Å². The van der Waals surface area contributed by atoms with Crippen molar-refractivity contribution in [3.63, 3.8) is 0 Å². The van der Waals surface area contributed by atoms with Gasteiger partial charge >= 0.3 is 0 Å². The van der Waals surface area contributed by atoms with Crippen molar-refractivity contribution in [2.75, 3.05) is 11.9 Å². The number of hydrogen-bond acceptors (Lipinski definition) is 4. The summed E-state index contributed by atoms with van der Waals surface area (Å²) in [6.45, 7) is 0.883. The molecule has 23 heavy (non-hydrogen) atoms. The SMILES string of the molecule is Cl.O=C(Nc1ncc(Cc2ccccc2F)s1)C1CCCCN1. The van der Waals surface area contributed by atoms with E-state index in [2.05, 4.69) is 15.6 Å². The van der Waals surface area contributed by atoms with Crippen molar-refractivity contribution in [3.8, 4) is 0 Å². The lowest BCUT2D eigenvalue weighted by molar-refractivity contribution is -0.118. The van der Waals surface area contributed by atoms with Gasteiger partial charge in [0.2, 0.25) is 5.91 Å². The third-order valence-electron chi connectivity index (χ3n) is 3.73. The van der Waals surface area contributed by atoms with Gasteiger partial charge in [-0.3, -0.25) is 4.79 Å². The highest BCUT2D eigenvalue weighted by Crippen LogP contribution is 2.22. The molecule has 4 nitrogen and oxygen atoms in total. The first-order valence-corrected chi connectivity index (χ1v) is 8.26. The molecule has 2 N–H and O–H groups in total. The van der Waals surface area contributed by atoms with Gasteiger partial charge in [0.05, 0.1) is 6.04 Å². The number of halogens is 2. The second-order valence-corrected chi connectivity index (χ2v) is 6.51. The summed E-state index contributed by atoms with van der Waals surface area (Å²) in [5.41, 5.74) is 0.637. The predicted molar refractivity (Wildman–Crippen MR) is 92.8 cm³/mol. The first-order valence-electron chi connectivity index (χ1n) is 7.45. The molecule has 7 heteroatoms. The first-order chi connectivity index (χ1) is 10.7. The molecule has 124 valence electrons. The Morgan fingerprint density at radius 1 is 1.39 bits per heavy atom. The van der Waals surface area contributed by atoms with Gasteiger partial charge in [-0.25, -0.2) is 9.37 Å². The van der Waals surface area contributed by atoms with E-state index in [1.165, 1.54) is 17.4 Å². The van der Waals surface area contributed by atoms with Gasteiger partial charge in [-0.05, 0) is 31.0 Å². The minimum atomic E-state index is -0.215. The predicted octanol–water partition coefficient (Wildman–Crippen LogP) is 3.38. The highest BCUT2D eigenvalue weighted by atomic mass is 35.5. The minimum absolute atomic E-state index is 0. The van der Waals surface area contributed by atoms with Crippen LogP contribution in [0, 0.1) is 5.82 Å². The number of carbonyl (C=O) groups excluding carboxylic acids is 1. The lowest BCUT2D eigenvalue weighted by Gasteiger charge is -2.21. The van der Waals surface area contributed by atoms with Gasteiger partial charge in [0, 0.05) is 17.5 Å². The number of thiazole rings is 1. The first kappa shape index (κ1) is 17.8. The lowest BCUT2D eigenvalue weighted by Crippen LogP contribution is -2.43. The number of aromatic nitrogens is 1. The Morgan fingerprint density at radius 2 is 2.22 bits per heavy atom. The Kier molecular flexibility index (Phi) is 6.50. The highest BCUT2D eigenvalue weighted by Gasteiger charge is 2.21. The average Bonchev–Trinajstić information content (AvgIpc) is 2.97. The van der Waals surface area contributed by atoms with E-state index in [1.807, 2.05) is 6.07 Å². The van der Waals surface area contributed by atoms with Gasteiger partial charge in [-0.15, -0.1) is 23.7 Å². The van der Waals surface area contributed by atoms with Crippen LogP contribution in [0.5, 0.6) is 0 Å². The van der Waals surface area contributed by atoms with Crippen molar-refractivity contribution in [1.29, 1.82) is 0 Å². The maximum Gasteiger partial charge on any atom is 0.243 e. The molecule has 3 rings (SSSR count). The fourth-order valence-corrected chi connectivity index (χ4v) is 3.38. The Labute approximate surface area is 144 Å². The molecule has 1 saturated heterocycles. The van der Waals surface area contributed by atoms with Crippen LogP contribution in [0.4, 0.5) is 9.52 Å². The van der Waals surface area contributed by atoms with E-state index in [9.17, 15) is 9.18 Å². The molecule has 0 bridgehead atoms. The largest absolute Gasteiger partial charge is 0.306 e. The van der Waals surface area contributed by atoms with Crippen LogP contribution in [0.15, 0.2) is 30.5 Å². The van der Waals surface area contributed by atoms with Crippen molar-refractivity contribution in [2.24, 2.45) is 0 Å². The van der Waals surface area contributed by atoms with Crippen molar-refractivity contribution < 1.29 is 9.18 Å². The zero-order valence-corrected chi connectivity index (χ0v) is 14.2. The van der Waals surface area contributed by atoms with Crippen LogP contribution in [0.3, 0.4) is 0 Å². The number of anilines is 1. The molecule has 1 aliphatic heterocycles. The average molecular weight is 356 g/mol. The lowest BCUT2D eigenvalue weighted by atomic mass is 10.0. The molecule has 0 aliphatic carbocycles. The quantitative estimate of drug-likeness (QED) is 0.884. The summed E-state index contributed by atoms with van der Waals surface area (Å²) >= 11 is 1.39. The summed E-state index contributed by atoms with van der Waals surface area (Å²) in [5, 5.41) is 6.63. The number of piperidine rings is 1. The summed E-state index contributed by atoms with van der Waals surface area (Å²) in [7, 11) is 0. The molecule has 1 unspecified atom stereocenters. The minimum Gasteiger partial charge on any atom is -0.306 e.